The summed E-state index contributed by atoms with van der Waals surface area (Å²) in [6, 6.07) is 4.47. The van der Waals surface area contributed by atoms with Crippen molar-refractivity contribution in [1.29, 1.82) is 0 Å². The molecule has 1 unspecified atom stereocenters. The van der Waals surface area contributed by atoms with Crippen molar-refractivity contribution in [2.75, 3.05) is 24.5 Å². The molecule has 1 aromatic carbocycles. The molecule has 0 aliphatic carbocycles. The van der Waals surface area contributed by atoms with Crippen LogP contribution in [0.5, 0.6) is 0 Å². The Bertz CT molecular complexity index is 896. The number of amides is 2. The summed E-state index contributed by atoms with van der Waals surface area (Å²) in [5, 5.41) is 7.10. The van der Waals surface area contributed by atoms with Gasteiger partial charge in [-0.2, -0.15) is 5.10 Å². The minimum absolute atomic E-state index is 0.0142. The zero-order valence-corrected chi connectivity index (χ0v) is 15.9. The maximum Gasteiger partial charge on any atom is 0.227 e. The molecular weight excluding hydrogens is 361 g/mol. The lowest BCUT2D eigenvalue weighted by Gasteiger charge is -2.33. The maximum atomic E-state index is 13.5. The molecule has 1 atom stereocenters. The summed E-state index contributed by atoms with van der Waals surface area (Å²) >= 11 is 0. The largest absolute Gasteiger partial charge is 0.342 e. The molecular formula is C20H24FN5O2. The quantitative estimate of drug-likeness (QED) is 0.876. The number of H-pyrrole nitrogens is 1. The zero-order valence-electron chi connectivity index (χ0n) is 15.9. The number of halogens is 1. The highest BCUT2D eigenvalue weighted by Gasteiger charge is 2.29. The van der Waals surface area contributed by atoms with Crippen LogP contribution in [0.4, 0.5) is 10.1 Å². The molecule has 1 aromatic heterocycles. The lowest BCUT2D eigenvalue weighted by atomic mass is 9.97. The number of anilines is 1. The fourth-order valence-electron chi connectivity index (χ4n) is 4.10. The lowest BCUT2D eigenvalue weighted by Crippen LogP contribution is -2.42. The first-order chi connectivity index (χ1) is 13.5. The van der Waals surface area contributed by atoms with E-state index in [-0.39, 0.29) is 30.0 Å². The molecule has 2 aromatic rings. The molecule has 1 fully saturated rings. The number of rotatable bonds is 4. The second-order valence-corrected chi connectivity index (χ2v) is 7.53. The Labute approximate surface area is 162 Å². The molecule has 0 spiro atoms. The van der Waals surface area contributed by atoms with Crippen LogP contribution in [-0.2, 0) is 16.0 Å². The Morgan fingerprint density at radius 3 is 3.00 bits per heavy atom. The number of hydrogen-bond donors (Lipinski definition) is 1. The molecule has 3 heterocycles. The highest BCUT2D eigenvalue weighted by Crippen LogP contribution is 2.29. The fraction of sp³-hybridized carbons (Fsp3) is 0.500. The fourth-order valence-corrected chi connectivity index (χ4v) is 4.10. The standard InChI is InChI=1S/C20H24FN5O2/c1-13-22-20(24-23-13)15-3-2-9-25(12-15)18(27)8-10-26-17-6-5-16(21)11-14(17)4-7-19(26)28/h5-6,11,15H,2-4,7-10,12H2,1H3,(H,22,23,24). The molecule has 1 saturated heterocycles. The van der Waals surface area contributed by atoms with E-state index >= 15 is 0 Å². The van der Waals surface area contributed by atoms with Crippen LogP contribution in [0.3, 0.4) is 0 Å². The molecule has 2 amide bonds. The van der Waals surface area contributed by atoms with Gasteiger partial charge in [-0.15, -0.1) is 0 Å². The van der Waals surface area contributed by atoms with Gasteiger partial charge in [-0.1, -0.05) is 0 Å². The highest BCUT2D eigenvalue weighted by atomic mass is 19.1. The van der Waals surface area contributed by atoms with E-state index in [1.54, 1.807) is 11.0 Å². The molecule has 7 nitrogen and oxygen atoms in total. The van der Waals surface area contributed by atoms with Crippen molar-refractivity contribution in [3.8, 4) is 0 Å². The van der Waals surface area contributed by atoms with E-state index in [0.29, 0.717) is 32.5 Å². The van der Waals surface area contributed by atoms with Crippen LogP contribution >= 0.6 is 0 Å². The van der Waals surface area contributed by atoms with Gasteiger partial charge in [-0.05, 0) is 49.9 Å². The van der Waals surface area contributed by atoms with Crippen LogP contribution in [-0.4, -0.2) is 51.5 Å². The number of nitrogens with one attached hydrogen (secondary N) is 1. The minimum Gasteiger partial charge on any atom is -0.342 e. The van der Waals surface area contributed by atoms with Crippen molar-refractivity contribution >= 4 is 17.5 Å². The van der Waals surface area contributed by atoms with Crippen LogP contribution in [0.1, 0.15) is 48.8 Å². The molecule has 4 rings (SSSR count). The minimum atomic E-state index is -0.300. The average Bonchev–Trinajstić information content (AvgIpc) is 3.13. The Morgan fingerprint density at radius 2 is 2.21 bits per heavy atom. The first kappa shape index (κ1) is 18.6. The van der Waals surface area contributed by atoms with E-state index in [2.05, 4.69) is 15.2 Å². The molecule has 0 saturated carbocycles. The predicted octanol–water partition coefficient (Wildman–Crippen LogP) is 2.33. The first-order valence-electron chi connectivity index (χ1n) is 9.77. The number of fused-ring (bicyclic) bond motifs is 1. The number of benzene rings is 1. The number of aryl methyl sites for hydroxylation is 2. The zero-order chi connectivity index (χ0) is 19.7. The highest BCUT2D eigenvalue weighted by molar-refractivity contribution is 5.97. The van der Waals surface area contributed by atoms with Gasteiger partial charge >= 0.3 is 0 Å². The van der Waals surface area contributed by atoms with Gasteiger partial charge in [0.1, 0.15) is 11.6 Å². The van der Waals surface area contributed by atoms with E-state index in [1.807, 2.05) is 11.8 Å². The number of piperidine rings is 1. The topological polar surface area (TPSA) is 82.2 Å². The second-order valence-electron chi connectivity index (χ2n) is 7.53. The first-order valence-corrected chi connectivity index (χ1v) is 9.77. The summed E-state index contributed by atoms with van der Waals surface area (Å²) in [5.74, 6) is 1.39. The van der Waals surface area contributed by atoms with Crippen LogP contribution in [0.2, 0.25) is 0 Å². The molecule has 2 aliphatic heterocycles. The van der Waals surface area contributed by atoms with Gasteiger partial charge in [0.05, 0.1) is 0 Å². The summed E-state index contributed by atoms with van der Waals surface area (Å²) < 4.78 is 13.5. The molecule has 148 valence electrons. The van der Waals surface area contributed by atoms with E-state index in [1.165, 1.54) is 12.1 Å². The number of hydrogen-bond acceptors (Lipinski definition) is 4. The molecule has 1 N–H and O–H groups in total. The third-order valence-corrected chi connectivity index (χ3v) is 5.54. The van der Waals surface area contributed by atoms with E-state index in [4.69, 9.17) is 0 Å². The SMILES string of the molecule is Cc1nc(C2CCCN(C(=O)CCN3C(=O)CCc4cc(F)ccc43)C2)n[nH]1. The van der Waals surface area contributed by atoms with E-state index in [0.717, 1.165) is 35.7 Å². The Kier molecular flexibility index (Phi) is 5.11. The molecule has 2 aliphatic rings. The van der Waals surface area contributed by atoms with Gasteiger partial charge in [0, 0.05) is 44.1 Å². The van der Waals surface area contributed by atoms with Crippen LogP contribution in [0.25, 0.3) is 0 Å². The number of aromatic amines is 1. The van der Waals surface area contributed by atoms with Gasteiger partial charge in [0.15, 0.2) is 5.82 Å². The Morgan fingerprint density at radius 1 is 1.36 bits per heavy atom. The van der Waals surface area contributed by atoms with Crippen molar-refractivity contribution in [1.82, 2.24) is 20.1 Å². The monoisotopic (exact) mass is 385 g/mol. The number of carbonyl (C=O) groups is 2. The summed E-state index contributed by atoms with van der Waals surface area (Å²) in [5.41, 5.74) is 1.54. The summed E-state index contributed by atoms with van der Waals surface area (Å²) in [4.78, 5) is 33.0. The Balaban J connectivity index is 1.40. The number of nitrogens with zero attached hydrogens (tertiary/aromatic N) is 4. The van der Waals surface area contributed by atoms with Crippen molar-refractivity contribution in [2.45, 2.75) is 44.9 Å². The molecule has 28 heavy (non-hydrogen) atoms. The van der Waals surface area contributed by atoms with Crippen LogP contribution < -0.4 is 4.90 Å². The smallest absolute Gasteiger partial charge is 0.227 e. The third kappa shape index (κ3) is 3.76. The third-order valence-electron chi connectivity index (χ3n) is 5.54. The van der Waals surface area contributed by atoms with Crippen molar-refractivity contribution in [2.24, 2.45) is 0 Å². The number of likely N-dealkylation sites (tertiary alicyclic amines) is 1. The molecule has 8 heteroatoms. The molecule has 0 radical (unpaired) electrons. The van der Waals surface area contributed by atoms with Gasteiger partial charge in [-0.3, -0.25) is 14.7 Å². The maximum absolute atomic E-state index is 13.5. The summed E-state index contributed by atoms with van der Waals surface area (Å²) in [6.07, 6.45) is 3.02. The number of aromatic nitrogens is 3. The van der Waals surface area contributed by atoms with Crippen molar-refractivity contribution in [3.63, 3.8) is 0 Å². The molecule has 0 bridgehead atoms. The predicted molar refractivity (Wildman–Crippen MR) is 101 cm³/mol. The summed E-state index contributed by atoms with van der Waals surface area (Å²) in [7, 11) is 0. The van der Waals surface area contributed by atoms with Gasteiger partial charge in [-0.25, -0.2) is 9.37 Å². The van der Waals surface area contributed by atoms with E-state index < -0.39 is 0 Å². The van der Waals surface area contributed by atoms with Gasteiger partial charge < -0.3 is 9.80 Å². The van der Waals surface area contributed by atoms with Crippen molar-refractivity contribution in [3.05, 3.63) is 41.2 Å². The number of carbonyl (C=O) groups excluding carboxylic acids is 2. The van der Waals surface area contributed by atoms with Gasteiger partial charge in [0.2, 0.25) is 11.8 Å². The van der Waals surface area contributed by atoms with Crippen LogP contribution in [0.15, 0.2) is 18.2 Å². The van der Waals surface area contributed by atoms with Gasteiger partial charge in [0.25, 0.3) is 0 Å². The normalized spacial score (nSPS) is 19.6. The van der Waals surface area contributed by atoms with Crippen molar-refractivity contribution < 1.29 is 14.0 Å². The van der Waals surface area contributed by atoms with Crippen LogP contribution in [0, 0.1) is 12.7 Å². The second kappa shape index (κ2) is 7.69. The Hall–Kier alpha value is -2.77. The van der Waals surface area contributed by atoms with E-state index in [9.17, 15) is 14.0 Å². The lowest BCUT2D eigenvalue weighted by molar-refractivity contribution is -0.132. The average molecular weight is 385 g/mol. The summed E-state index contributed by atoms with van der Waals surface area (Å²) in [6.45, 7) is 3.50.